The lowest BCUT2D eigenvalue weighted by molar-refractivity contribution is -0.145. The van der Waals surface area contributed by atoms with Crippen molar-refractivity contribution in [3.8, 4) is 0 Å². The van der Waals surface area contributed by atoms with Gasteiger partial charge in [0.25, 0.3) is 0 Å². The minimum Gasteiger partial charge on any atom is -0.252 e. The smallest absolute Gasteiger partial charge is 0.252 e. The van der Waals surface area contributed by atoms with Crippen LogP contribution in [-0.4, -0.2) is 24.3 Å². The van der Waals surface area contributed by atoms with E-state index < -0.39 is 12.7 Å². The molecule has 0 heterocycles. The molecule has 0 N–H and O–H groups in total. The number of nitroso groups, excluding NO2 is 1. The van der Waals surface area contributed by atoms with Gasteiger partial charge in [0.05, 0.1) is 5.29 Å². The molecule has 0 aromatic heterocycles. The van der Waals surface area contributed by atoms with Gasteiger partial charge in [-0.1, -0.05) is 0 Å². The van der Waals surface area contributed by atoms with Crippen LogP contribution in [0.15, 0.2) is 5.29 Å². The minimum atomic E-state index is -4.34. The minimum absolute atomic E-state index is 0.0248. The Morgan fingerprint density at radius 1 is 1.50 bits per heavy atom. The van der Waals surface area contributed by atoms with E-state index >= 15 is 0 Å². The number of alkyl halides is 3. The predicted octanol–water partition coefficient (Wildman–Crippen LogP) is 1.55. The van der Waals surface area contributed by atoms with Gasteiger partial charge in [0.1, 0.15) is 6.54 Å². The summed E-state index contributed by atoms with van der Waals surface area (Å²) in [6.07, 6.45) is -4.34. The van der Waals surface area contributed by atoms with Crippen LogP contribution in [0.25, 0.3) is 0 Å². The summed E-state index contributed by atoms with van der Waals surface area (Å²) in [6, 6.07) is 0. The third-order valence-corrected chi connectivity index (χ3v) is 0.842. The van der Waals surface area contributed by atoms with Crippen molar-refractivity contribution in [2.24, 2.45) is 5.29 Å². The van der Waals surface area contributed by atoms with Crippen molar-refractivity contribution < 1.29 is 13.2 Å². The van der Waals surface area contributed by atoms with E-state index in [1.54, 1.807) is 0 Å². The highest BCUT2D eigenvalue weighted by Crippen LogP contribution is 2.15. The normalized spacial score (nSPS) is 11.2. The number of nitrogens with zero attached hydrogens (tertiary/aromatic N) is 2. The van der Waals surface area contributed by atoms with Crippen LogP contribution in [0.2, 0.25) is 0 Å². The molecule has 0 aliphatic carbocycles. The summed E-state index contributed by atoms with van der Waals surface area (Å²) in [6.45, 7) is 0.128. The molecule has 0 rings (SSSR count). The molecule has 0 bridgehead atoms. The second-order valence-corrected chi connectivity index (χ2v) is 1.68. The van der Waals surface area contributed by atoms with E-state index in [9.17, 15) is 18.1 Å². The van der Waals surface area contributed by atoms with Gasteiger partial charge in [-0.3, -0.25) is 5.01 Å². The Balaban J connectivity index is 3.74. The molecule has 0 amide bonds. The summed E-state index contributed by atoms with van der Waals surface area (Å²) in [5, 5.41) is 2.56. The molecule has 0 aromatic rings. The van der Waals surface area contributed by atoms with Crippen LogP contribution in [0.4, 0.5) is 13.2 Å². The van der Waals surface area contributed by atoms with Crippen molar-refractivity contribution in [2.45, 2.75) is 13.1 Å². The number of halogens is 3. The maximum Gasteiger partial charge on any atom is 0.407 e. The van der Waals surface area contributed by atoms with Crippen LogP contribution in [0, 0.1) is 4.91 Å². The van der Waals surface area contributed by atoms with Gasteiger partial charge < -0.3 is 0 Å². The van der Waals surface area contributed by atoms with Gasteiger partial charge in [0.2, 0.25) is 0 Å². The fraction of sp³-hybridized carbons (Fsp3) is 1.00. The topological polar surface area (TPSA) is 32.7 Å². The second-order valence-electron chi connectivity index (χ2n) is 1.68. The number of hydrogen-bond donors (Lipinski definition) is 0. The molecule has 0 aliphatic heterocycles. The average Bonchev–Trinajstić information content (AvgIpc) is 1.81. The van der Waals surface area contributed by atoms with Gasteiger partial charge in [-0.2, -0.15) is 13.2 Å². The molecular formula is C4H7F3N2O. The molecule has 60 valence electrons. The maximum atomic E-state index is 11.4. The molecule has 0 saturated carbocycles. The first-order valence-electron chi connectivity index (χ1n) is 2.64. The van der Waals surface area contributed by atoms with E-state index in [-0.39, 0.29) is 6.54 Å². The van der Waals surface area contributed by atoms with Crippen LogP contribution in [0.5, 0.6) is 0 Å². The Labute approximate surface area is 55.8 Å². The first-order chi connectivity index (χ1) is 4.49. The van der Waals surface area contributed by atoms with Crippen molar-refractivity contribution in [1.29, 1.82) is 0 Å². The second kappa shape index (κ2) is 3.38. The Kier molecular flexibility index (Phi) is 3.11. The molecule has 3 nitrogen and oxygen atoms in total. The molecule has 10 heavy (non-hydrogen) atoms. The van der Waals surface area contributed by atoms with Crippen LogP contribution in [0.1, 0.15) is 6.92 Å². The number of hydrogen-bond acceptors (Lipinski definition) is 2. The molecule has 0 radical (unpaired) electrons. The summed E-state index contributed by atoms with van der Waals surface area (Å²) >= 11 is 0. The molecule has 0 aromatic carbocycles. The third kappa shape index (κ3) is 4.11. The highest BCUT2D eigenvalue weighted by Gasteiger charge is 2.30. The van der Waals surface area contributed by atoms with Gasteiger partial charge in [-0.05, 0) is 6.92 Å². The SMILES string of the molecule is CCN(CC(F)(F)F)N=O. The fourth-order valence-corrected chi connectivity index (χ4v) is 0.405. The Morgan fingerprint density at radius 2 is 2.00 bits per heavy atom. The summed E-state index contributed by atoms with van der Waals surface area (Å²) in [5.74, 6) is 0. The number of rotatable bonds is 3. The van der Waals surface area contributed by atoms with Crippen LogP contribution in [-0.2, 0) is 0 Å². The lowest BCUT2D eigenvalue weighted by Crippen LogP contribution is -2.29. The van der Waals surface area contributed by atoms with Crippen LogP contribution >= 0.6 is 0 Å². The largest absolute Gasteiger partial charge is 0.407 e. The van der Waals surface area contributed by atoms with E-state index in [1.165, 1.54) is 6.92 Å². The highest BCUT2D eigenvalue weighted by atomic mass is 19.4. The third-order valence-electron chi connectivity index (χ3n) is 0.842. The average molecular weight is 156 g/mol. The van der Waals surface area contributed by atoms with E-state index in [1.807, 2.05) is 0 Å². The van der Waals surface area contributed by atoms with Crippen LogP contribution in [0.3, 0.4) is 0 Å². The molecule has 6 heteroatoms. The lowest BCUT2D eigenvalue weighted by atomic mass is 10.6. The fourth-order valence-electron chi connectivity index (χ4n) is 0.405. The van der Waals surface area contributed by atoms with Gasteiger partial charge in [0.15, 0.2) is 0 Å². The quantitative estimate of drug-likeness (QED) is 0.458. The Morgan fingerprint density at radius 3 is 2.10 bits per heavy atom. The first kappa shape index (κ1) is 9.19. The standard InChI is InChI=1S/C4H7F3N2O/c1-2-9(8-10)3-4(5,6)7/h2-3H2,1H3. The zero-order valence-corrected chi connectivity index (χ0v) is 5.35. The summed E-state index contributed by atoms with van der Waals surface area (Å²) in [7, 11) is 0. The van der Waals surface area contributed by atoms with Crippen molar-refractivity contribution in [3.63, 3.8) is 0 Å². The molecule has 0 fully saturated rings. The van der Waals surface area contributed by atoms with Crippen LogP contribution < -0.4 is 0 Å². The van der Waals surface area contributed by atoms with Gasteiger partial charge in [-0.15, -0.1) is 4.91 Å². The predicted molar refractivity (Wildman–Crippen MR) is 29.1 cm³/mol. The van der Waals surface area contributed by atoms with E-state index in [2.05, 4.69) is 5.29 Å². The monoisotopic (exact) mass is 156 g/mol. The molecule has 0 spiro atoms. The van der Waals surface area contributed by atoms with Crippen molar-refractivity contribution in [2.75, 3.05) is 13.1 Å². The summed E-state index contributed by atoms with van der Waals surface area (Å²) < 4.78 is 34.3. The zero-order chi connectivity index (χ0) is 8.20. The molecule has 0 unspecified atom stereocenters. The van der Waals surface area contributed by atoms with Gasteiger partial charge in [-0.25, -0.2) is 0 Å². The zero-order valence-electron chi connectivity index (χ0n) is 5.35. The van der Waals surface area contributed by atoms with E-state index in [0.717, 1.165) is 0 Å². The maximum absolute atomic E-state index is 11.4. The van der Waals surface area contributed by atoms with Gasteiger partial charge in [0, 0.05) is 6.54 Å². The van der Waals surface area contributed by atoms with Crippen molar-refractivity contribution in [1.82, 2.24) is 5.01 Å². The Bertz CT molecular complexity index is 114. The van der Waals surface area contributed by atoms with Gasteiger partial charge >= 0.3 is 6.18 Å². The van der Waals surface area contributed by atoms with Crippen molar-refractivity contribution >= 4 is 0 Å². The first-order valence-corrected chi connectivity index (χ1v) is 2.64. The molecular weight excluding hydrogens is 149 g/mol. The van der Waals surface area contributed by atoms with E-state index in [4.69, 9.17) is 0 Å². The molecule has 0 aliphatic rings. The molecule has 0 atom stereocenters. The molecule has 0 saturated heterocycles. The highest BCUT2D eigenvalue weighted by molar-refractivity contribution is 4.55. The van der Waals surface area contributed by atoms with E-state index in [0.29, 0.717) is 5.01 Å². The lowest BCUT2D eigenvalue weighted by Gasteiger charge is -2.13. The Hall–Kier alpha value is -0.810. The van der Waals surface area contributed by atoms with Crippen molar-refractivity contribution in [3.05, 3.63) is 4.91 Å². The summed E-state index contributed by atoms with van der Waals surface area (Å²) in [5.41, 5.74) is 0. The summed E-state index contributed by atoms with van der Waals surface area (Å²) in [4.78, 5) is 9.59.